The molecule has 0 amide bonds. The summed E-state index contributed by atoms with van der Waals surface area (Å²) in [5, 5.41) is 17.0. The maximum Gasteiger partial charge on any atom is 0.218 e. The summed E-state index contributed by atoms with van der Waals surface area (Å²) >= 11 is 0. The maximum atomic E-state index is 8.52. The topological polar surface area (TPSA) is 40.5 Å². The zero-order valence-electron chi connectivity index (χ0n) is 9.47. The van der Waals surface area contributed by atoms with E-state index in [-0.39, 0.29) is 0 Å². The van der Waals surface area contributed by atoms with Gasteiger partial charge < -0.3 is 10.2 Å². The molecule has 0 rings (SSSR count). The Kier molecular flexibility index (Phi) is 10.9. The maximum absolute atomic E-state index is 8.52. The van der Waals surface area contributed by atoms with E-state index in [0.29, 0.717) is 6.42 Å². The summed E-state index contributed by atoms with van der Waals surface area (Å²) in [5.74, 6) is 0. The Bertz CT molecular complexity index is 102. The molecule has 2 N–H and O–H groups in total. The Morgan fingerprint density at radius 3 is 1.57 bits per heavy atom. The van der Waals surface area contributed by atoms with Crippen molar-refractivity contribution in [2.45, 2.75) is 71.1 Å². The van der Waals surface area contributed by atoms with Crippen LogP contribution in [-0.4, -0.2) is 10.2 Å². The molecule has 85 valence electrons. The number of aliphatic hydroxyl groups is 2. The molecule has 0 unspecified atom stereocenters. The van der Waals surface area contributed by atoms with Crippen LogP contribution in [0.15, 0.2) is 0 Å². The molecule has 2 nitrogen and oxygen atoms in total. The standard InChI is InChI=1S/C12H25O2/c1-2-3-4-5-6-7-8-9-10-11-12(13)14/h13-14H,2-11H2,1H3. The third-order valence-electron chi connectivity index (χ3n) is 2.50. The summed E-state index contributed by atoms with van der Waals surface area (Å²) < 4.78 is 0. The summed E-state index contributed by atoms with van der Waals surface area (Å²) in [7, 11) is 0. The van der Waals surface area contributed by atoms with E-state index in [1.54, 1.807) is 0 Å². The largest absolute Gasteiger partial charge is 0.361 e. The van der Waals surface area contributed by atoms with Crippen LogP contribution >= 0.6 is 0 Å². The van der Waals surface area contributed by atoms with Crippen molar-refractivity contribution in [3.05, 3.63) is 6.29 Å². The van der Waals surface area contributed by atoms with Gasteiger partial charge in [-0.1, -0.05) is 58.3 Å². The third-order valence-corrected chi connectivity index (χ3v) is 2.50. The molecule has 0 bridgehead atoms. The van der Waals surface area contributed by atoms with Gasteiger partial charge in [-0.3, -0.25) is 0 Å². The highest BCUT2D eigenvalue weighted by Crippen LogP contribution is 2.11. The van der Waals surface area contributed by atoms with Crippen molar-refractivity contribution in [3.63, 3.8) is 0 Å². The van der Waals surface area contributed by atoms with Crippen LogP contribution < -0.4 is 0 Å². The van der Waals surface area contributed by atoms with Crippen molar-refractivity contribution >= 4 is 0 Å². The lowest BCUT2D eigenvalue weighted by atomic mass is 10.1. The molecule has 0 spiro atoms. The first-order valence-electron chi connectivity index (χ1n) is 6.01. The van der Waals surface area contributed by atoms with Gasteiger partial charge in [0.1, 0.15) is 0 Å². The first-order valence-corrected chi connectivity index (χ1v) is 6.01. The van der Waals surface area contributed by atoms with Crippen molar-refractivity contribution in [2.75, 3.05) is 0 Å². The van der Waals surface area contributed by atoms with Crippen molar-refractivity contribution in [3.8, 4) is 0 Å². The fourth-order valence-corrected chi connectivity index (χ4v) is 1.59. The fraction of sp³-hybridized carbons (Fsp3) is 0.917. The quantitative estimate of drug-likeness (QED) is 0.521. The molecular weight excluding hydrogens is 176 g/mol. The Labute approximate surface area is 88.3 Å². The zero-order chi connectivity index (χ0) is 10.6. The van der Waals surface area contributed by atoms with E-state index in [2.05, 4.69) is 6.92 Å². The van der Waals surface area contributed by atoms with E-state index in [9.17, 15) is 0 Å². The van der Waals surface area contributed by atoms with Gasteiger partial charge in [0, 0.05) is 6.42 Å². The van der Waals surface area contributed by atoms with Gasteiger partial charge in [0.15, 0.2) is 0 Å². The van der Waals surface area contributed by atoms with E-state index in [0.717, 1.165) is 12.8 Å². The van der Waals surface area contributed by atoms with Crippen LogP contribution in [0.4, 0.5) is 0 Å². The molecule has 0 saturated heterocycles. The molecule has 0 aliphatic heterocycles. The van der Waals surface area contributed by atoms with E-state index in [1.165, 1.54) is 44.9 Å². The molecular formula is C12H25O2. The number of aliphatic hydroxyl groups excluding tert-OH is 1. The van der Waals surface area contributed by atoms with E-state index < -0.39 is 6.29 Å². The summed E-state index contributed by atoms with van der Waals surface area (Å²) in [6.07, 6.45) is 11.4. The highest BCUT2D eigenvalue weighted by Gasteiger charge is 1.98. The predicted octanol–water partition coefficient (Wildman–Crippen LogP) is 4.14. The molecule has 0 aliphatic carbocycles. The second-order valence-electron chi connectivity index (χ2n) is 3.99. The van der Waals surface area contributed by atoms with Crippen molar-refractivity contribution in [1.29, 1.82) is 0 Å². The highest BCUT2D eigenvalue weighted by atomic mass is 16.5. The molecule has 0 aromatic carbocycles. The SMILES string of the molecule is CCCCCCCCCCC[C](O)O. The van der Waals surface area contributed by atoms with Gasteiger partial charge in [-0.25, -0.2) is 0 Å². The monoisotopic (exact) mass is 201 g/mol. The molecule has 0 aliphatic rings. The molecule has 0 saturated carbocycles. The second-order valence-corrected chi connectivity index (χ2v) is 3.99. The molecule has 0 atom stereocenters. The summed E-state index contributed by atoms with van der Waals surface area (Å²) in [4.78, 5) is 0. The number of hydrogen-bond donors (Lipinski definition) is 2. The predicted molar refractivity (Wildman–Crippen MR) is 59.0 cm³/mol. The second kappa shape index (κ2) is 11.0. The molecule has 0 heterocycles. The number of hydrogen-bond acceptors (Lipinski definition) is 2. The lowest BCUT2D eigenvalue weighted by Gasteiger charge is -2.02. The van der Waals surface area contributed by atoms with Crippen LogP contribution in [0.25, 0.3) is 0 Å². The highest BCUT2D eigenvalue weighted by molar-refractivity contribution is 4.57. The number of rotatable bonds is 10. The Morgan fingerprint density at radius 2 is 1.14 bits per heavy atom. The average Bonchev–Trinajstić information content (AvgIpc) is 2.15. The van der Waals surface area contributed by atoms with E-state index >= 15 is 0 Å². The van der Waals surface area contributed by atoms with Gasteiger partial charge in [-0.05, 0) is 6.42 Å². The van der Waals surface area contributed by atoms with Crippen molar-refractivity contribution in [2.24, 2.45) is 0 Å². The van der Waals surface area contributed by atoms with Crippen LogP contribution in [0.1, 0.15) is 71.1 Å². The smallest absolute Gasteiger partial charge is 0.218 e. The first kappa shape index (κ1) is 13.9. The van der Waals surface area contributed by atoms with Gasteiger partial charge in [0.25, 0.3) is 0 Å². The van der Waals surface area contributed by atoms with Crippen LogP contribution in [0.3, 0.4) is 0 Å². The average molecular weight is 201 g/mol. The molecule has 2 heteroatoms. The third kappa shape index (κ3) is 11.9. The summed E-state index contributed by atoms with van der Waals surface area (Å²) in [6, 6.07) is 0. The minimum absolute atomic E-state index is 0.409. The molecule has 14 heavy (non-hydrogen) atoms. The number of unbranched alkanes of at least 4 members (excludes halogenated alkanes) is 8. The van der Waals surface area contributed by atoms with Crippen LogP contribution in [0.5, 0.6) is 0 Å². The van der Waals surface area contributed by atoms with Gasteiger partial charge in [0.05, 0.1) is 0 Å². The molecule has 0 aromatic rings. The van der Waals surface area contributed by atoms with Crippen LogP contribution in [0, 0.1) is 6.29 Å². The fourth-order valence-electron chi connectivity index (χ4n) is 1.59. The van der Waals surface area contributed by atoms with Crippen molar-refractivity contribution in [1.82, 2.24) is 0 Å². The van der Waals surface area contributed by atoms with Gasteiger partial charge >= 0.3 is 0 Å². The van der Waals surface area contributed by atoms with Gasteiger partial charge in [0.2, 0.25) is 6.29 Å². The molecule has 0 aromatic heterocycles. The lowest BCUT2D eigenvalue weighted by molar-refractivity contribution is 0.0704. The summed E-state index contributed by atoms with van der Waals surface area (Å²) in [5.41, 5.74) is 0. The minimum atomic E-state index is -0.409. The van der Waals surface area contributed by atoms with Crippen LogP contribution in [-0.2, 0) is 0 Å². The van der Waals surface area contributed by atoms with Crippen molar-refractivity contribution < 1.29 is 10.2 Å². The zero-order valence-corrected chi connectivity index (χ0v) is 9.47. The summed E-state index contributed by atoms with van der Waals surface area (Å²) in [6.45, 7) is 2.23. The van der Waals surface area contributed by atoms with Gasteiger partial charge in [-0.15, -0.1) is 0 Å². The van der Waals surface area contributed by atoms with Gasteiger partial charge in [-0.2, -0.15) is 0 Å². The molecule has 1 radical (unpaired) electrons. The normalized spacial score (nSPS) is 11.1. The Morgan fingerprint density at radius 1 is 0.714 bits per heavy atom. The van der Waals surface area contributed by atoms with Crippen LogP contribution in [0.2, 0.25) is 0 Å². The molecule has 0 fully saturated rings. The minimum Gasteiger partial charge on any atom is -0.361 e. The first-order chi connectivity index (χ1) is 6.77. The Balaban J connectivity index is 2.85. The lowest BCUT2D eigenvalue weighted by Crippen LogP contribution is -1.92. The Hall–Kier alpha value is -0.0800. The van der Waals surface area contributed by atoms with E-state index in [1.807, 2.05) is 0 Å². The van der Waals surface area contributed by atoms with E-state index in [4.69, 9.17) is 10.2 Å².